The molecular weight excluding hydrogens is 298 g/mol. The molecule has 0 aliphatic heterocycles. The van der Waals surface area contributed by atoms with Gasteiger partial charge in [-0.1, -0.05) is 32.1 Å². The number of rotatable bonds is 7. The SMILES string of the molecule is C[C@@H](CNc1cc(F)ccc1F)NC(=O)CCC1CCCCC1. The molecule has 128 valence electrons. The van der Waals surface area contributed by atoms with Crippen molar-refractivity contribution in [3.05, 3.63) is 29.8 Å². The molecule has 1 aliphatic carbocycles. The Morgan fingerprint density at radius 1 is 1.26 bits per heavy atom. The molecule has 23 heavy (non-hydrogen) atoms. The van der Waals surface area contributed by atoms with E-state index in [9.17, 15) is 13.6 Å². The lowest BCUT2D eigenvalue weighted by molar-refractivity contribution is -0.121. The van der Waals surface area contributed by atoms with Crippen LogP contribution in [0.3, 0.4) is 0 Å². The minimum absolute atomic E-state index is 0.0320. The van der Waals surface area contributed by atoms with E-state index in [1.165, 1.54) is 32.1 Å². The van der Waals surface area contributed by atoms with Gasteiger partial charge < -0.3 is 10.6 Å². The molecule has 2 rings (SSSR count). The zero-order valence-corrected chi connectivity index (χ0v) is 13.7. The Bertz CT molecular complexity index is 516. The van der Waals surface area contributed by atoms with Gasteiger partial charge in [0.25, 0.3) is 0 Å². The molecule has 1 saturated carbocycles. The third-order valence-corrected chi connectivity index (χ3v) is 4.44. The first-order chi connectivity index (χ1) is 11.0. The van der Waals surface area contributed by atoms with Crippen molar-refractivity contribution in [2.45, 2.75) is 57.9 Å². The molecule has 0 bridgehead atoms. The number of hydrogen-bond acceptors (Lipinski definition) is 2. The van der Waals surface area contributed by atoms with Crippen LogP contribution in [0.5, 0.6) is 0 Å². The third-order valence-electron chi connectivity index (χ3n) is 4.44. The fraction of sp³-hybridized carbons (Fsp3) is 0.611. The summed E-state index contributed by atoms with van der Waals surface area (Å²) in [4.78, 5) is 12.0. The highest BCUT2D eigenvalue weighted by Crippen LogP contribution is 2.27. The van der Waals surface area contributed by atoms with E-state index in [1.807, 2.05) is 6.92 Å². The van der Waals surface area contributed by atoms with Gasteiger partial charge in [0.05, 0.1) is 5.69 Å². The van der Waals surface area contributed by atoms with Gasteiger partial charge in [-0.25, -0.2) is 8.78 Å². The minimum Gasteiger partial charge on any atom is -0.381 e. The van der Waals surface area contributed by atoms with Gasteiger partial charge in [0, 0.05) is 19.0 Å². The summed E-state index contributed by atoms with van der Waals surface area (Å²) in [6, 6.07) is 3.14. The first kappa shape index (κ1) is 17.7. The van der Waals surface area contributed by atoms with Gasteiger partial charge in [-0.05, 0) is 37.5 Å². The maximum absolute atomic E-state index is 13.5. The lowest BCUT2D eigenvalue weighted by Gasteiger charge is -2.21. The van der Waals surface area contributed by atoms with E-state index in [0.29, 0.717) is 18.9 Å². The molecule has 1 fully saturated rings. The Labute approximate surface area is 136 Å². The summed E-state index contributed by atoms with van der Waals surface area (Å²) in [7, 11) is 0. The molecule has 5 heteroatoms. The highest BCUT2D eigenvalue weighted by atomic mass is 19.1. The van der Waals surface area contributed by atoms with Crippen molar-refractivity contribution in [3.8, 4) is 0 Å². The predicted octanol–water partition coefficient (Wildman–Crippen LogP) is 4.24. The topological polar surface area (TPSA) is 41.1 Å². The average molecular weight is 324 g/mol. The molecular formula is C18H26F2N2O. The second-order valence-electron chi connectivity index (χ2n) is 6.52. The molecule has 0 unspecified atom stereocenters. The van der Waals surface area contributed by atoms with Gasteiger partial charge in [-0.2, -0.15) is 0 Å². The van der Waals surface area contributed by atoms with Crippen molar-refractivity contribution in [2.75, 3.05) is 11.9 Å². The van der Waals surface area contributed by atoms with Crippen LogP contribution in [0.15, 0.2) is 18.2 Å². The zero-order chi connectivity index (χ0) is 16.7. The Balaban J connectivity index is 1.68. The summed E-state index contributed by atoms with van der Waals surface area (Å²) in [5, 5.41) is 5.74. The van der Waals surface area contributed by atoms with Crippen LogP contribution in [0, 0.1) is 17.6 Å². The van der Waals surface area contributed by atoms with E-state index < -0.39 is 11.6 Å². The standard InChI is InChI=1S/C18H26F2N2O/c1-13(12-21-17-11-15(19)8-9-16(17)20)22-18(23)10-7-14-5-3-2-4-6-14/h8-9,11,13-14,21H,2-7,10,12H2,1H3,(H,22,23)/t13-/m0/s1. The van der Waals surface area contributed by atoms with Crippen molar-refractivity contribution >= 4 is 11.6 Å². The van der Waals surface area contributed by atoms with Crippen molar-refractivity contribution in [1.29, 1.82) is 0 Å². The van der Waals surface area contributed by atoms with Crippen molar-refractivity contribution < 1.29 is 13.6 Å². The second kappa shape index (κ2) is 8.85. The number of hydrogen-bond donors (Lipinski definition) is 2. The first-order valence-electron chi connectivity index (χ1n) is 8.53. The maximum Gasteiger partial charge on any atom is 0.220 e. The normalized spacial score (nSPS) is 16.8. The number of amides is 1. The summed E-state index contributed by atoms with van der Waals surface area (Å²) in [5.41, 5.74) is 0.119. The highest BCUT2D eigenvalue weighted by Gasteiger charge is 2.15. The fourth-order valence-electron chi connectivity index (χ4n) is 3.11. The molecule has 0 radical (unpaired) electrons. The first-order valence-corrected chi connectivity index (χ1v) is 8.53. The lowest BCUT2D eigenvalue weighted by atomic mass is 9.86. The molecule has 1 amide bonds. The Hall–Kier alpha value is -1.65. The van der Waals surface area contributed by atoms with E-state index in [2.05, 4.69) is 10.6 Å². The molecule has 3 nitrogen and oxygen atoms in total. The number of nitrogens with one attached hydrogen (secondary N) is 2. The Morgan fingerprint density at radius 3 is 2.74 bits per heavy atom. The third kappa shape index (κ3) is 6.16. The number of benzene rings is 1. The van der Waals surface area contributed by atoms with Crippen molar-refractivity contribution in [3.63, 3.8) is 0 Å². The Morgan fingerprint density at radius 2 is 2.00 bits per heavy atom. The van der Waals surface area contributed by atoms with Crippen molar-refractivity contribution in [2.24, 2.45) is 5.92 Å². The summed E-state index contributed by atoms with van der Waals surface area (Å²) < 4.78 is 26.6. The van der Waals surface area contributed by atoms with Gasteiger partial charge >= 0.3 is 0 Å². The monoisotopic (exact) mass is 324 g/mol. The van der Waals surface area contributed by atoms with Gasteiger partial charge in [0.2, 0.25) is 5.91 Å². The van der Waals surface area contributed by atoms with E-state index in [4.69, 9.17) is 0 Å². The van der Waals surface area contributed by atoms with Crippen LogP contribution in [-0.2, 0) is 4.79 Å². The molecule has 2 N–H and O–H groups in total. The van der Waals surface area contributed by atoms with Crippen LogP contribution in [-0.4, -0.2) is 18.5 Å². The zero-order valence-electron chi connectivity index (χ0n) is 13.7. The van der Waals surface area contributed by atoms with Crippen LogP contribution in [0.2, 0.25) is 0 Å². The van der Waals surface area contributed by atoms with Gasteiger partial charge in [0.1, 0.15) is 11.6 Å². The van der Waals surface area contributed by atoms with E-state index >= 15 is 0 Å². The molecule has 0 aromatic heterocycles. The second-order valence-corrected chi connectivity index (χ2v) is 6.52. The number of halogens is 2. The average Bonchev–Trinajstić information content (AvgIpc) is 2.55. The summed E-state index contributed by atoms with van der Waals surface area (Å²) in [6.07, 6.45) is 7.86. The van der Waals surface area contributed by atoms with Crippen LogP contribution in [0.1, 0.15) is 51.9 Å². The molecule has 1 aromatic rings. The van der Waals surface area contributed by atoms with Gasteiger partial charge in [-0.15, -0.1) is 0 Å². The minimum atomic E-state index is -0.498. The molecule has 0 heterocycles. The smallest absolute Gasteiger partial charge is 0.220 e. The van der Waals surface area contributed by atoms with Gasteiger partial charge in [-0.3, -0.25) is 4.79 Å². The molecule has 0 saturated heterocycles. The number of anilines is 1. The summed E-state index contributed by atoms with van der Waals surface area (Å²) in [6.45, 7) is 2.21. The molecule has 1 aromatic carbocycles. The number of carbonyl (C=O) groups is 1. The summed E-state index contributed by atoms with van der Waals surface area (Å²) >= 11 is 0. The largest absolute Gasteiger partial charge is 0.381 e. The molecule has 1 atom stereocenters. The van der Waals surface area contributed by atoms with Crippen LogP contribution < -0.4 is 10.6 Å². The highest BCUT2D eigenvalue weighted by molar-refractivity contribution is 5.76. The number of carbonyl (C=O) groups excluding carboxylic acids is 1. The van der Waals surface area contributed by atoms with Crippen molar-refractivity contribution in [1.82, 2.24) is 5.32 Å². The molecule has 1 aliphatic rings. The van der Waals surface area contributed by atoms with E-state index in [0.717, 1.165) is 24.6 Å². The van der Waals surface area contributed by atoms with Crippen LogP contribution in [0.25, 0.3) is 0 Å². The predicted molar refractivity (Wildman–Crippen MR) is 88.3 cm³/mol. The van der Waals surface area contributed by atoms with Crippen LogP contribution in [0.4, 0.5) is 14.5 Å². The maximum atomic E-state index is 13.5. The lowest BCUT2D eigenvalue weighted by Crippen LogP contribution is -2.37. The van der Waals surface area contributed by atoms with Gasteiger partial charge in [0.15, 0.2) is 0 Å². The van der Waals surface area contributed by atoms with Crippen LogP contribution >= 0.6 is 0 Å². The quantitative estimate of drug-likeness (QED) is 0.787. The summed E-state index contributed by atoms with van der Waals surface area (Å²) in [5.74, 6) is -0.269. The fourth-order valence-corrected chi connectivity index (χ4v) is 3.11. The van der Waals surface area contributed by atoms with E-state index in [-0.39, 0.29) is 17.6 Å². The van der Waals surface area contributed by atoms with E-state index in [1.54, 1.807) is 0 Å². The molecule has 0 spiro atoms. The Kier molecular flexibility index (Phi) is 6.81.